The smallest absolute Gasteiger partial charge is 0.257 e. The fourth-order valence-electron chi connectivity index (χ4n) is 2.29. The molecule has 1 aliphatic heterocycles. The number of rotatable bonds is 3. The van der Waals surface area contributed by atoms with Gasteiger partial charge in [0.2, 0.25) is 0 Å². The zero-order chi connectivity index (χ0) is 13.8. The molecular formula is C14H18BrNO3. The Bertz CT molecular complexity index is 458. The minimum absolute atomic E-state index is 0.0122. The van der Waals surface area contributed by atoms with E-state index in [0.29, 0.717) is 18.0 Å². The normalized spacial score (nSPS) is 16.3. The number of benzene rings is 1. The standard InChI is InChI=1S/C14H18BrNO3/c1-16(9-10-4-6-19-7-5-10)14(18)12-3-2-11(15)8-13(12)17/h2-3,8,10,17H,4-7,9H2,1H3. The van der Waals surface area contributed by atoms with Crippen molar-refractivity contribution < 1.29 is 14.6 Å². The third kappa shape index (κ3) is 3.70. The van der Waals surface area contributed by atoms with Gasteiger partial charge in [-0.1, -0.05) is 15.9 Å². The summed E-state index contributed by atoms with van der Waals surface area (Å²) in [5.41, 5.74) is 0.345. The Hall–Kier alpha value is -1.07. The summed E-state index contributed by atoms with van der Waals surface area (Å²) in [6, 6.07) is 4.94. The van der Waals surface area contributed by atoms with Crippen LogP contribution in [0.5, 0.6) is 5.75 Å². The summed E-state index contributed by atoms with van der Waals surface area (Å²) in [5, 5.41) is 9.82. The molecule has 19 heavy (non-hydrogen) atoms. The van der Waals surface area contributed by atoms with E-state index in [1.807, 2.05) is 0 Å². The number of nitrogens with zero attached hydrogens (tertiary/aromatic N) is 1. The first-order valence-electron chi connectivity index (χ1n) is 6.39. The Labute approximate surface area is 121 Å². The van der Waals surface area contributed by atoms with Crippen molar-refractivity contribution in [3.05, 3.63) is 28.2 Å². The number of amides is 1. The lowest BCUT2D eigenvalue weighted by Crippen LogP contribution is -2.34. The first-order valence-corrected chi connectivity index (χ1v) is 7.19. The molecule has 0 aromatic heterocycles. The van der Waals surface area contributed by atoms with Crippen molar-refractivity contribution in [3.8, 4) is 5.75 Å². The second kappa shape index (κ2) is 6.39. The topological polar surface area (TPSA) is 49.8 Å². The van der Waals surface area contributed by atoms with E-state index < -0.39 is 0 Å². The number of halogens is 1. The van der Waals surface area contributed by atoms with E-state index >= 15 is 0 Å². The van der Waals surface area contributed by atoms with Gasteiger partial charge >= 0.3 is 0 Å². The third-order valence-corrected chi connectivity index (χ3v) is 3.90. The van der Waals surface area contributed by atoms with E-state index in [-0.39, 0.29) is 11.7 Å². The molecule has 2 rings (SSSR count). The Morgan fingerprint density at radius 1 is 1.47 bits per heavy atom. The van der Waals surface area contributed by atoms with Gasteiger partial charge in [-0.05, 0) is 37.0 Å². The summed E-state index contributed by atoms with van der Waals surface area (Å²) in [6.45, 7) is 2.25. The molecule has 1 aliphatic rings. The van der Waals surface area contributed by atoms with E-state index in [1.165, 1.54) is 6.07 Å². The predicted molar refractivity (Wildman–Crippen MR) is 76.3 cm³/mol. The van der Waals surface area contributed by atoms with Gasteiger partial charge in [0.25, 0.3) is 5.91 Å². The molecule has 1 amide bonds. The molecule has 5 heteroatoms. The summed E-state index contributed by atoms with van der Waals surface area (Å²) >= 11 is 3.26. The SMILES string of the molecule is CN(CC1CCOCC1)C(=O)c1ccc(Br)cc1O. The van der Waals surface area contributed by atoms with Gasteiger partial charge in [0.05, 0.1) is 5.56 Å². The molecule has 1 saturated heterocycles. The zero-order valence-corrected chi connectivity index (χ0v) is 12.5. The average Bonchev–Trinajstić information content (AvgIpc) is 2.39. The van der Waals surface area contributed by atoms with Crippen LogP contribution >= 0.6 is 15.9 Å². The maximum absolute atomic E-state index is 12.3. The van der Waals surface area contributed by atoms with Crippen molar-refractivity contribution in [1.82, 2.24) is 4.90 Å². The summed E-state index contributed by atoms with van der Waals surface area (Å²) < 4.78 is 6.07. The van der Waals surface area contributed by atoms with Gasteiger partial charge in [0.15, 0.2) is 0 Å². The average molecular weight is 328 g/mol. The molecule has 0 unspecified atom stereocenters. The summed E-state index contributed by atoms with van der Waals surface area (Å²) in [4.78, 5) is 13.9. The van der Waals surface area contributed by atoms with E-state index in [4.69, 9.17) is 4.74 Å². The molecule has 0 bridgehead atoms. The lowest BCUT2D eigenvalue weighted by atomic mass is 9.99. The molecule has 104 valence electrons. The van der Waals surface area contributed by atoms with Gasteiger partial charge in [0, 0.05) is 31.3 Å². The third-order valence-electron chi connectivity index (χ3n) is 3.41. The Balaban J connectivity index is 2.01. The Morgan fingerprint density at radius 3 is 2.79 bits per heavy atom. The second-order valence-corrected chi connectivity index (χ2v) is 5.82. The van der Waals surface area contributed by atoms with Crippen LogP contribution in [-0.4, -0.2) is 42.7 Å². The fraction of sp³-hybridized carbons (Fsp3) is 0.500. The van der Waals surface area contributed by atoms with Crippen molar-refractivity contribution in [2.75, 3.05) is 26.8 Å². The van der Waals surface area contributed by atoms with Crippen molar-refractivity contribution >= 4 is 21.8 Å². The van der Waals surface area contributed by atoms with Crippen molar-refractivity contribution in [3.63, 3.8) is 0 Å². The van der Waals surface area contributed by atoms with E-state index in [0.717, 1.165) is 30.5 Å². The lowest BCUT2D eigenvalue weighted by Gasteiger charge is -2.27. The first-order chi connectivity index (χ1) is 9.08. The molecule has 0 atom stereocenters. The van der Waals surface area contributed by atoms with Crippen LogP contribution in [0, 0.1) is 5.92 Å². The van der Waals surface area contributed by atoms with Crippen molar-refractivity contribution in [1.29, 1.82) is 0 Å². The molecule has 1 heterocycles. The number of phenols is 1. The van der Waals surface area contributed by atoms with Crippen LogP contribution in [0.4, 0.5) is 0 Å². The predicted octanol–water partition coefficient (Wildman–Crippen LogP) is 2.65. The van der Waals surface area contributed by atoms with E-state index in [2.05, 4.69) is 15.9 Å². The fourth-order valence-corrected chi connectivity index (χ4v) is 2.64. The van der Waals surface area contributed by atoms with E-state index in [9.17, 15) is 9.90 Å². The Morgan fingerprint density at radius 2 is 2.16 bits per heavy atom. The highest BCUT2D eigenvalue weighted by Crippen LogP contribution is 2.24. The summed E-state index contributed by atoms with van der Waals surface area (Å²) in [6.07, 6.45) is 1.98. The number of phenolic OH excluding ortho intramolecular Hbond substituents is 1. The molecule has 0 radical (unpaired) electrons. The molecule has 1 aromatic rings. The monoisotopic (exact) mass is 327 g/mol. The molecule has 1 fully saturated rings. The van der Waals surface area contributed by atoms with Crippen LogP contribution in [0.25, 0.3) is 0 Å². The highest BCUT2D eigenvalue weighted by molar-refractivity contribution is 9.10. The van der Waals surface area contributed by atoms with Gasteiger partial charge in [0.1, 0.15) is 5.75 Å². The van der Waals surface area contributed by atoms with Gasteiger partial charge in [-0.2, -0.15) is 0 Å². The quantitative estimate of drug-likeness (QED) is 0.928. The van der Waals surface area contributed by atoms with Crippen LogP contribution in [0.3, 0.4) is 0 Å². The van der Waals surface area contributed by atoms with Crippen molar-refractivity contribution in [2.24, 2.45) is 5.92 Å². The van der Waals surface area contributed by atoms with Crippen LogP contribution in [0.1, 0.15) is 23.2 Å². The molecule has 0 spiro atoms. The number of carbonyl (C=O) groups is 1. The zero-order valence-electron chi connectivity index (χ0n) is 10.9. The minimum Gasteiger partial charge on any atom is -0.507 e. The maximum atomic E-state index is 12.3. The van der Waals surface area contributed by atoms with Gasteiger partial charge < -0.3 is 14.7 Å². The Kier molecular flexibility index (Phi) is 4.82. The number of hydrogen-bond acceptors (Lipinski definition) is 3. The summed E-state index contributed by atoms with van der Waals surface area (Å²) in [5.74, 6) is 0.356. The molecule has 4 nitrogen and oxygen atoms in total. The maximum Gasteiger partial charge on any atom is 0.257 e. The first kappa shape index (κ1) is 14.3. The van der Waals surface area contributed by atoms with Crippen LogP contribution in [0.2, 0.25) is 0 Å². The van der Waals surface area contributed by atoms with Crippen molar-refractivity contribution in [2.45, 2.75) is 12.8 Å². The van der Waals surface area contributed by atoms with Crippen LogP contribution in [-0.2, 0) is 4.74 Å². The van der Waals surface area contributed by atoms with E-state index in [1.54, 1.807) is 24.1 Å². The van der Waals surface area contributed by atoms with Gasteiger partial charge in [-0.25, -0.2) is 0 Å². The lowest BCUT2D eigenvalue weighted by molar-refractivity contribution is 0.0496. The largest absolute Gasteiger partial charge is 0.507 e. The number of hydrogen-bond donors (Lipinski definition) is 1. The van der Waals surface area contributed by atoms with Gasteiger partial charge in [-0.3, -0.25) is 4.79 Å². The molecule has 0 aliphatic carbocycles. The molecule has 1 N–H and O–H groups in total. The number of carbonyl (C=O) groups excluding carboxylic acids is 1. The minimum atomic E-state index is -0.142. The number of ether oxygens (including phenoxy) is 1. The summed E-state index contributed by atoms with van der Waals surface area (Å²) in [7, 11) is 1.78. The van der Waals surface area contributed by atoms with Gasteiger partial charge in [-0.15, -0.1) is 0 Å². The molecule has 0 saturated carbocycles. The number of aromatic hydroxyl groups is 1. The van der Waals surface area contributed by atoms with Crippen LogP contribution in [0.15, 0.2) is 22.7 Å². The highest BCUT2D eigenvalue weighted by atomic mass is 79.9. The molecular weight excluding hydrogens is 310 g/mol. The second-order valence-electron chi connectivity index (χ2n) is 4.90. The molecule has 1 aromatic carbocycles. The van der Waals surface area contributed by atoms with Crippen LogP contribution < -0.4 is 0 Å². The highest BCUT2D eigenvalue weighted by Gasteiger charge is 2.21.